The third-order valence-corrected chi connectivity index (χ3v) is 7.13. The van der Waals surface area contributed by atoms with E-state index in [-0.39, 0.29) is 23.9 Å². The maximum atomic E-state index is 13.6. The lowest BCUT2D eigenvalue weighted by atomic mass is 9.91. The molecule has 9 heteroatoms. The van der Waals surface area contributed by atoms with Gasteiger partial charge in [0.25, 0.3) is 11.8 Å². The van der Waals surface area contributed by atoms with Crippen LogP contribution in [-0.2, 0) is 4.79 Å². The van der Waals surface area contributed by atoms with E-state index in [1.54, 1.807) is 24.3 Å². The molecule has 4 N–H and O–H groups in total. The molecule has 2 aromatic rings. The van der Waals surface area contributed by atoms with E-state index in [0.717, 1.165) is 35.7 Å². The summed E-state index contributed by atoms with van der Waals surface area (Å²) >= 11 is 3.41. The van der Waals surface area contributed by atoms with E-state index in [4.69, 9.17) is 5.73 Å². The van der Waals surface area contributed by atoms with Crippen molar-refractivity contribution in [2.45, 2.75) is 57.3 Å². The minimum atomic E-state index is -1.04. The molecular formula is C26H32BrN5O3. The van der Waals surface area contributed by atoms with Crippen LogP contribution in [0.3, 0.4) is 0 Å². The lowest BCUT2D eigenvalue weighted by Crippen LogP contribution is -2.65. The van der Waals surface area contributed by atoms with Gasteiger partial charge in [0.05, 0.1) is 0 Å². The lowest BCUT2D eigenvalue weighted by molar-refractivity contribution is -0.133. The Bertz CT molecular complexity index is 1070. The van der Waals surface area contributed by atoms with Crippen LogP contribution in [0.15, 0.2) is 53.0 Å². The van der Waals surface area contributed by atoms with E-state index in [2.05, 4.69) is 26.6 Å². The molecule has 1 aliphatic heterocycles. The molecule has 0 bridgehead atoms. The zero-order valence-electron chi connectivity index (χ0n) is 19.9. The van der Waals surface area contributed by atoms with Crippen LogP contribution in [0.4, 0.5) is 10.5 Å². The molecule has 2 fully saturated rings. The molecule has 1 heterocycles. The number of nitrogens with zero attached hydrogens (tertiary/aromatic N) is 2. The summed E-state index contributed by atoms with van der Waals surface area (Å²) in [4.78, 5) is 43.4. The number of hydrogen-bond acceptors (Lipinski definition) is 4. The van der Waals surface area contributed by atoms with Crippen LogP contribution < -0.4 is 16.4 Å². The van der Waals surface area contributed by atoms with Gasteiger partial charge in [-0.3, -0.25) is 14.5 Å². The van der Waals surface area contributed by atoms with Crippen LogP contribution in [0.25, 0.3) is 0 Å². The number of carbonyl (C=O) groups is 3. The molecule has 1 atom stereocenters. The normalized spacial score (nSPS) is 22.4. The largest absolute Gasteiger partial charge is 0.350 e. The zero-order chi connectivity index (χ0) is 24.9. The van der Waals surface area contributed by atoms with Crippen molar-refractivity contribution in [1.82, 2.24) is 15.1 Å². The lowest BCUT2D eigenvalue weighted by Gasteiger charge is -2.43. The van der Waals surface area contributed by atoms with Crippen molar-refractivity contribution in [3.05, 3.63) is 64.1 Å². The van der Waals surface area contributed by atoms with Crippen molar-refractivity contribution in [3.63, 3.8) is 0 Å². The molecule has 1 unspecified atom stereocenters. The van der Waals surface area contributed by atoms with Gasteiger partial charge >= 0.3 is 6.03 Å². The Labute approximate surface area is 214 Å². The number of nitrogens with one attached hydrogen (secondary N) is 2. The highest BCUT2D eigenvalue weighted by Gasteiger charge is 2.41. The standard InChI is InChI=1S/C26H32BrN5O3/c1-17-6-8-18(9-7-17)25(34)31-14-3-15-32(26(35)30-22-5-2-4-19(27)16-22)24(31)23(33)29-21-12-10-20(28)11-13-21/h2,4-9,16,20-21,24H,3,10-15,28H2,1H3,(H,29,33)(H,30,35). The van der Waals surface area contributed by atoms with Crippen LogP contribution in [0.2, 0.25) is 0 Å². The summed E-state index contributed by atoms with van der Waals surface area (Å²) in [6.07, 6.45) is 2.79. The summed E-state index contributed by atoms with van der Waals surface area (Å²) in [5.41, 5.74) is 8.16. The van der Waals surface area contributed by atoms with Crippen molar-refractivity contribution in [2.75, 3.05) is 18.4 Å². The fourth-order valence-electron chi connectivity index (χ4n) is 4.70. The maximum Gasteiger partial charge on any atom is 0.323 e. The number of nitrogens with two attached hydrogens (primary N) is 1. The number of rotatable bonds is 4. The molecule has 1 saturated heterocycles. The predicted octanol–water partition coefficient (Wildman–Crippen LogP) is 3.85. The monoisotopic (exact) mass is 541 g/mol. The van der Waals surface area contributed by atoms with Crippen molar-refractivity contribution in [3.8, 4) is 0 Å². The van der Waals surface area contributed by atoms with Crippen molar-refractivity contribution in [2.24, 2.45) is 5.73 Å². The van der Waals surface area contributed by atoms with Gasteiger partial charge in [0.15, 0.2) is 6.17 Å². The van der Waals surface area contributed by atoms with Gasteiger partial charge in [0.1, 0.15) is 0 Å². The molecular weight excluding hydrogens is 510 g/mol. The number of halogens is 1. The van der Waals surface area contributed by atoms with E-state index in [1.165, 1.54) is 9.80 Å². The summed E-state index contributed by atoms with van der Waals surface area (Å²) in [6.45, 7) is 2.71. The quantitative estimate of drug-likeness (QED) is 0.546. The number of urea groups is 1. The summed E-state index contributed by atoms with van der Waals surface area (Å²) in [5.74, 6) is -0.606. The Morgan fingerprint density at radius 1 is 0.971 bits per heavy atom. The molecule has 4 rings (SSSR count). The summed E-state index contributed by atoms with van der Waals surface area (Å²) in [6, 6.07) is 14.2. The molecule has 8 nitrogen and oxygen atoms in total. The van der Waals surface area contributed by atoms with Gasteiger partial charge in [-0.2, -0.15) is 0 Å². The highest BCUT2D eigenvalue weighted by Crippen LogP contribution is 2.23. The van der Waals surface area contributed by atoms with Crippen molar-refractivity contribution in [1.29, 1.82) is 0 Å². The summed E-state index contributed by atoms with van der Waals surface area (Å²) in [5, 5.41) is 5.97. The third-order valence-electron chi connectivity index (χ3n) is 6.64. The summed E-state index contributed by atoms with van der Waals surface area (Å²) in [7, 11) is 0. The van der Waals surface area contributed by atoms with E-state index in [9.17, 15) is 14.4 Å². The molecule has 35 heavy (non-hydrogen) atoms. The second-order valence-corrected chi connectivity index (χ2v) is 10.3. The maximum absolute atomic E-state index is 13.6. The molecule has 2 aromatic carbocycles. The smallest absolute Gasteiger partial charge is 0.323 e. The first-order valence-electron chi connectivity index (χ1n) is 12.1. The van der Waals surface area contributed by atoms with Gasteiger partial charge in [-0.15, -0.1) is 0 Å². The number of hydrogen-bond donors (Lipinski definition) is 3. The van der Waals surface area contributed by atoms with Crippen LogP contribution >= 0.6 is 15.9 Å². The van der Waals surface area contributed by atoms with Gasteiger partial charge in [-0.05, 0) is 69.4 Å². The highest BCUT2D eigenvalue weighted by molar-refractivity contribution is 9.10. The minimum absolute atomic E-state index is 0.0180. The van der Waals surface area contributed by atoms with Crippen LogP contribution in [-0.4, -0.2) is 59.0 Å². The second kappa shape index (κ2) is 11.2. The molecule has 1 aliphatic carbocycles. The molecule has 0 spiro atoms. The van der Waals surface area contributed by atoms with Crippen molar-refractivity contribution >= 4 is 39.5 Å². The van der Waals surface area contributed by atoms with E-state index >= 15 is 0 Å². The Morgan fingerprint density at radius 2 is 1.66 bits per heavy atom. The van der Waals surface area contributed by atoms with Gasteiger partial charge < -0.3 is 21.3 Å². The first-order valence-corrected chi connectivity index (χ1v) is 12.9. The van der Waals surface area contributed by atoms with Gasteiger partial charge in [0.2, 0.25) is 0 Å². The Kier molecular flexibility index (Phi) is 8.07. The highest BCUT2D eigenvalue weighted by atomic mass is 79.9. The Balaban J connectivity index is 1.58. The van der Waals surface area contributed by atoms with Crippen LogP contribution in [0.1, 0.15) is 48.0 Å². The third kappa shape index (κ3) is 6.21. The number of amides is 4. The Morgan fingerprint density at radius 3 is 2.34 bits per heavy atom. The first-order chi connectivity index (χ1) is 16.8. The summed E-state index contributed by atoms with van der Waals surface area (Å²) < 4.78 is 0.829. The number of carbonyl (C=O) groups excluding carboxylic acids is 3. The zero-order valence-corrected chi connectivity index (χ0v) is 21.5. The minimum Gasteiger partial charge on any atom is -0.350 e. The van der Waals surface area contributed by atoms with Crippen LogP contribution in [0, 0.1) is 6.92 Å². The topological polar surface area (TPSA) is 108 Å². The average Bonchev–Trinajstić information content (AvgIpc) is 2.85. The van der Waals surface area contributed by atoms with E-state index < -0.39 is 12.2 Å². The first kappa shape index (κ1) is 25.2. The predicted molar refractivity (Wildman–Crippen MR) is 139 cm³/mol. The number of aryl methyl sites for hydroxylation is 1. The Hall–Kier alpha value is -2.91. The average molecular weight is 542 g/mol. The molecule has 186 valence electrons. The molecule has 1 saturated carbocycles. The van der Waals surface area contributed by atoms with Crippen LogP contribution in [0.5, 0.6) is 0 Å². The van der Waals surface area contributed by atoms with Crippen molar-refractivity contribution < 1.29 is 14.4 Å². The van der Waals surface area contributed by atoms with Gasteiger partial charge in [0, 0.05) is 40.9 Å². The number of benzene rings is 2. The van der Waals surface area contributed by atoms with E-state index in [1.807, 2.05) is 31.2 Å². The molecule has 2 aliphatic rings. The van der Waals surface area contributed by atoms with Gasteiger partial charge in [-0.1, -0.05) is 39.7 Å². The fourth-order valence-corrected chi connectivity index (χ4v) is 5.09. The van der Waals surface area contributed by atoms with E-state index in [0.29, 0.717) is 30.8 Å². The molecule has 0 aromatic heterocycles. The fraction of sp³-hybridized carbons (Fsp3) is 0.423. The SMILES string of the molecule is Cc1ccc(C(=O)N2CCCN(C(=O)Nc3cccc(Br)c3)C2C(=O)NC2CCC(N)CC2)cc1. The molecule has 4 amide bonds. The second-order valence-electron chi connectivity index (χ2n) is 9.35. The molecule has 0 radical (unpaired) electrons. The number of anilines is 1. The van der Waals surface area contributed by atoms with Gasteiger partial charge in [-0.25, -0.2) is 4.79 Å².